The molecule has 1 heterocycles. The van der Waals surface area contributed by atoms with Gasteiger partial charge in [-0.25, -0.2) is 0 Å². The lowest BCUT2D eigenvalue weighted by Gasteiger charge is -2.30. The molecule has 1 aliphatic heterocycles. The molecule has 120 valence electrons. The van der Waals surface area contributed by atoms with Crippen LogP contribution < -0.4 is 5.73 Å². The fourth-order valence-corrected chi connectivity index (χ4v) is 3.58. The van der Waals surface area contributed by atoms with Gasteiger partial charge >= 0.3 is 0 Å². The van der Waals surface area contributed by atoms with E-state index in [1.807, 2.05) is 29.2 Å². The number of halogens is 1. The second-order valence-corrected chi connectivity index (χ2v) is 7.33. The molecule has 2 rings (SSSR count). The van der Waals surface area contributed by atoms with Gasteiger partial charge < -0.3 is 10.6 Å². The Hall–Kier alpha value is -1.20. The highest BCUT2D eigenvalue weighted by atomic mass is 35.5. The highest BCUT2D eigenvalue weighted by Crippen LogP contribution is 2.29. The lowest BCUT2D eigenvalue weighted by atomic mass is 9.96. The Bertz CT molecular complexity index is 527. The Labute approximate surface area is 140 Å². The Morgan fingerprint density at radius 1 is 1.32 bits per heavy atom. The van der Waals surface area contributed by atoms with Gasteiger partial charge in [-0.15, -0.1) is 11.8 Å². The first-order valence-electron chi connectivity index (χ1n) is 7.41. The van der Waals surface area contributed by atoms with Crippen LogP contribution in [0.15, 0.2) is 24.3 Å². The number of benzene rings is 1. The molecule has 0 aliphatic carbocycles. The molecule has 1 aliphatic rings. The van der Waals surface area contributed by atoms with E-state index in [2.05, 4.69) is 6.92 Å². The fourth-order valence-electron chi connectivity index (χ4n) is 2.53. The third-order valence-corrected chi connectivity index (χ3v) is 5.48. The maximum absolute atomic E-state index is 12.2. The van der Waals surface area contributed by atoms with Crippen LogP contribution in [0.1, 0.15) is 30.6 Å². The molecule has 0 spiro atoms. The van der Waals surface area contributed by atoms with Crippen LogP contribution >= 0.6 is 23.4 Å². The van der Waals surface area contributed by atoms with E-state index in [0.29, 0.717) is 36.7 Å². The van der Waals surface area contributed by atoms with E-state index < -0.39 is 0 Å². The summed E-state index contributed by atoms with van der Waals surface area (Å²) < 4.78 is 0. The first-order valence-corrected chi connectivity index (χ1v) is 8.84. The first kappa shape index (κ1) is 17.2. The van der Waals surface area contributed by atoms with Gasteiger partial charge in [-0.2, -0.15) is 0 Å². The van der Waals surface area contributed by atoms with Crippen molar-refractivity contribution in [1.82, 2.24) is 4.90 Å². The fraction of sp³-hybridized carbons (Fsp3) is 0.500. The van der Waals surface area contributed by atoms with Crippen molar-refractivity contribution in [2.75, 3.05) is 18.8 Å². The number of nitrogens with two attached hydrogens (primary N) is 1. The largest absolute Gasteiger partial charge is 0.369 e. The van der Waals surface area contributed by atoms with Gasteiger partial charge in [-0.3, -0.25) is 9.59 Å². The van der Waals surface area contributed by atoms with Crippen molar-refractivity contribution in [3.05, 3.63) is 34.9 Å². The van der Waals surface area contributed by atoms with Gasteiger partial charge in [0, 0.05) is 29.3 Å². The molecule has 1 atom stereocenters. The number of likely N-dealkylation sites (tertiary alicyclic amines) is 1. The van der Waals surface area contributed by atoms with E-state index in [-0.39, 0.29) is 23.0 Å². The number of carbonyl (C=O) groups is 2. The molecule has 1 aromatic carbocycles. The Kier molecular flexibility index (Phi) is 6.15. The summed E-state index contributed by atoms with van der Waals surface area (Å²) >= 11 is 7.50. The predicted octanol–water partition coefficient (Wildman–Crippen LogP) is 2.86. The minimum absolute atomic E-state index is 0.0790. The zero-order valence-electron chi connectivity index (χ0n) is 12.6. The normalized spacial score (nSPS) is 17.3. The zero-order chi connectivity index (χ0) is 16.1. The molecular formula is C16H21ClN2O2S. The molecular weight excluding hydrogens is 320 g/mol. The molecule has 2 amide bonds. The summed E-state index contributed by atoms with van der Waals surface area (Å²) in [4.78, 5) is 25.2. The van der Waals surface area contributed by atoms with Crippen molar-refractivity contribution in [1.29, 1.82) is 0 Å². The SMILES string of the molecule is C[C@@H](SCC(=O)N1CCC(C(N)=O)CC1)c1ccc(Cl)cc1. The number of rotatable bonds is 5. The molecule has 4 nitrogen and oxygen atoms in total. The number of hydrogen-bond donors (Lipinski definition) is 1. The first-order chi connectivity index (χ1) is 10.5. The third kappa shape index (κ3) is 4.65. The Balaban J connectivity index is 1.78. The van der Waals surface area contributed by atoms with Gasteiger partial charge in [0.05, 0.1) is 5.75 Å². The summed E-state index contributed by atoms with van der Waals surface area (Å²) in [6.07, 6.45) is 1.36. The summed E-state index contributed by atoms with van der Waals surface area (Å²) in [6, 6.07) is 7.71. The summed E-state index contributed by atoms with van der Waals surface area (Å²) in [5.41, 5.74) is 6.47. The topological polar surface area (TPSA) is 63.4 Å². The summed E-state index contributed by atoms with van der Waals surface area (Å²) in [5, 5.41) is 0.957. The van der Waals surface area contributed by atoms with Crippen molar-refractivity contribution >= 4 is 35.2 Å². The molecule has 22 heavy (non-hydrogen) atoms. The second kappa shape index (κ2) is 7.88. The highest BCUT2D eigenvalue weighted by Gasteiger charge is 2.25. The monoisotopic (exact) mass is 340 g/mol. The maximum Gasteiger partial charge on any atom is 0.232 e. The van der Waals surface area contributed by atoms with E-state index in [1.165, 1.54) is 0 Å². The number of thioether (sulfide) groups is 1. The maximum atomic E-state index is 12.2. The molecule has 1 aromatic rings. The van der Waals surface area contributed by atoms with Crippen molar-refractivity contribution in [3.63, 3.8) is 0 Å². The smallest absolute Gasteiger partial charge is 0.232 e. The molecule has 6 heteroatoms. The lowest BCUT2D eigenvalue weighted by Crippen LogP contribution is -2.42. The minimum atomic E-state index is -0.252. The van der Waals surface area contributed by atoms with Crippen LogP contribution in [0.3, 0.4) is 0 Å². The average Bonchev–Trinajstić information content (AvgIpc) is 2.53. The van der Waals surface area contributed by atoms with Crippen LogP contribution in [-0.2, 0) is 9.59 Å². The van der Waals surface area contributed by atoms with Crippen LogP contribution in [0, 0.1) is 5.92 Å². The van der Waals surface area contributed by atoms with Gasteiger partial charge in [0.15, 0.2) is 0 Å². The minimum Gasteiger partial charge on any atom is -0.369 e. The zero-order valence-corrected chi connectivity index (χ0v) is 14.2. The van der Waals surface area contributed by atoms with Crippen molar-refractivity contribution in [2.45, 2.75) is 25.0 Å². The lowest BCUT2D eigenvalue weighted by molar-refractivity contribution is -0.132. The van der Waals surface area contributed by atoms with Gasteiger partial charge in [-0.05, 0) is 37.5 Å². The predicted molar refractivity (Wildman–Crippen MR) is 90.8 cm³/mol. The van der Waals surface area contributed by atoms with Gasteiger partial charge in [0.2, 0.25) is 11.8 Å². The molecule has 1 fully saturated rings. The molecule has 0 radical (unpaired) electrons. The second-order valence-electron chi connectivity index (χ2n) is 5.56. The van der Waals surface area contributed by atoms with Crippen molar-refractivity contribution in [3.8, 4) is 0 Å². The number of carbonyl (C=O) groups excluding carboxylic acids is 2. The van der Waals surface area contributed by atoms with E-state index in [9.17, 15) is 9.59 Å². The molecule has 0 saturated carbocycles. The van der Waals surface area contributed by atoms with Crippen molar-refractivity contribution in [2.24, 2.45) is 11.7 Å². The number of primary amides is 1. The van der Waals surface area contributed by atoms with Crippen LogP contribution in [0.5, 0.6) is 0 Å². The van der Waals surface area contributed by atoms with Crippen LogP contribution in [-0.4, -0.2) is 35.6 Å². The average molecular weight is 341 g/mol. The van der Waals surface area contributed by atoms with E-state index >= 15 is 0 Å². The molecule has 0 bridgehead atoms. The van der Waals surface area contributed by atoms with E-state index in [4.69, 9.17) is 17.3 Å². The number of piperidine rings is 1. The van der Waals surface area contributed by atoms with Crippen molar-refractivity contribution < 1.29 is 9.59 Å². The molecule has 1 saturated heterocycles. The summed E-state index contributed by atoms with van der Waals surface area (Å²) in [6.45, 7) is 3.34. The highest BCUT2D eigenvalue weighted by molar-refractivity contribution is 8.00. The molecule has 2 N–H and O–H groups in total. The quantitative estimate of drug-likeness (QED) is 0.896. The van der Waals surface area contributed by atoms with Crippen LogP contribution in [0.25, 0.3) is 0 Å². The standard InChI is InChI=1S/C16H21ClN2O2S/c1-11(12-2-4-14(17)5-3-12)22-10-15(20)19-8-6-13(7-9-19)16(18)21/h2-5,11,13H,6-10H2,1H3,(H2,18,21)/t11-/m1/s1. The number of hydrogen-bond acceptors (Lipinski definition) is 3. The third-order valence-electron chi connectivity index (χ3n) is 4.05. The van der Waals surface area contributed by atoms with Gasteiger partial charge in [-0.1, -0.05) is 23.7 Å². The van der Waals surface area contributed by atoms with E-state index in [1.54, 1.807) is 11.8 Å². The Morgan fingerprint density at radius 3 is 2.45 bits per heavy atom. The summed E-state index contributed by atoms with van der Waals surface area (Å²) in [5.74, 6) is 0.252. The van der Waals surface area contributed by atoms with E-state index in [0.717, 1.165) is 5.56 Å². The van der Waals surface area contributed by atoms with Gasteiger partial charge in [0.1, 0.15) is 0 Å². The molecule has 0 aromatic heterocycles. The van der Waals surface area contributed by atoms with Gasteiger partial charge in [0.25, 0.3) is 0 Å². The summed E-state index contributed by atoms with van der Waals surface area (Å²) in [7, 11) is 0. The molecule has 0 unspecified atom stereocenters. The number of nitrogens with zero attached hydrogens (tertiary/aromatic N) is 1. The van der Waals surface area contributed by atoms with Crippen LogP contribution in [0.4, 0.5) is 0 Å². The van der Waals surface area contributed by atoms with Crippen LogP contribution in [0.2, 0.25) is 5.02 Å². The number of amides is 2. The Morgan fingerprint density at radius 2 is 1.91 bits per heavy atom.